The fourth-order valence-corrected chi connectivity index (χ4v) is 7.55. The third-order valence-corrected chi connectivity index (χ3v) is 9.95. The highest BCUT2D eigenvalue weighted by molar-refractivity contribution is 6.16. The van der Waals surface area contributed by atoms with Crippen LogP contribution in [0.4, 0.5) is 0 Å². The van der Waals surface area contributed by atoms with Crippen molar-refractivity contribution in [2.75, 3.05) is 0 Å². The minimum Gasteiger partial charge on any atom is -0.456 e. The average molecular weight is 668 g/mol. The first kappa shape index (κ1) is 26.7. The van der Waals surface area contributed by atoms with E-state index < -0.39 is 0 Å². The van der Waals surface area contributed by atoms with Crippen molar-refractivity contribution >= 4 is 65.4 Å². The number of rotatable bonds is 4. The molecule has 0 N–H and O–H groups in total. The van der Waals surface area contributed by atoms with Crippen LogP contribution in [0.2, 0.25) is 0 Å². The van der Waals surface area contributed by atoms with Gasteiger partial charge in [0.25, 0.3) is 0 Å². The van der Waals surface area contributed by atoms with Crippen LogP contribution in [0.25, 0.3) is 111 Å². The molecule has 0 atom stereocenters. The Hall–Kier alpha value is -7.11. The van der Waals surface area contributed by atoms with Crippen LogP contribution < -0.4 is 0 Å². The van der Waals surface area contributed by atoms with Gasteiger partial charge in [-0.25, -0.2) is 15.0 Å². The van der Waals surface area contributed by atoms with Gasteiger partial charge in [0.15, 0.2) is 17.5 Å². The van der Waals surface area contributed by atoms with E-state index in [1.165, 1.54) is 0 Å². The molecule has 0 saturated heterocycles. The number of hydrogen-bond acceptors (Lipinski definition) is 5. The second-order valence-corrected chi connectivity index (χ2v) is 13.0. The molecule has 0 amide bonds. The first-order valence-corrected chi connectivity index (χ1v) is 17.2. The van der Waals surface area contributed by atoms with E-state index in [1.807, 2.05) is 78.9 Å². The summed E-state index contributed by atoms with van der Waals surface area (Å²) in [6, 6.07) is 50.6. The summed E-state index contributed by atoms with van der Waals surface area (Å²) in [4.78, 5) is 15.6. The number of furan rings is 2. The molecule has 3 heterocycles. The second kappa shape index (κ2) is 11.2. The van der Waals surface area contributed by atoms with E-state index in [0.717, 1.165) is 82.1 Å². The molecule has 5 heteroatoms. The maximum atomic E-state index is 9.26. The highest BCUT2D eigenvalue weighted by Crippen LogP contribution is 2.42. The molecule has 0 aliphatic heterocycles. The Morgan fingerprint density at radius 3 is 1.87 bits per heavy atom. The second-order valence-electron chi connectivity index (χ2n) is 13.0. The van der Waals surface area contributed by atoms with Crippen molar-refractivity contribution < 1.29 is 11.6 Å². The summed E-state index contributed by atoms with van der Waals surface area (Å²) in [5, 5.41) is 7.73. The molecule has 11 aromatic rings. The van der Waals surface area contributed by atoms with Gasteiger partial charge >= 0.3 is 0 Å². The van der Waals surface area contributed by atoms with E-state index in [1.54, 1.807) is 12.1 Å². The first-order valence-electron chi connectivity index (χ1n) is 18.2. The number of fused-ring (bicyclic) bond motifs is 8. The molecule has 0 aliphatic rings. The van der Waals surface area contributed by atoms with Crippen molar-refractivity contribution in [1.29, 1.82) is 0 Å². The minimum absolute atomic E-state index is 0.356. The number of nitrogens with zero attached hydrogens (tertiary/aromatic N) is 3. The molecule has 0 bridgehead atoms. The molecule has 242 valence electrons. The van der Waals surface area contributed by atoms with Gasteiger partial charge in [0.1, 0.15) is 22.3 Å². The van der Waals surface area contributed by atoms with Crippen molar-refractivity contribution in [1.82, 2.24) is 15.0 Å². The molecular formula is C47H27N3O2. The average Bonchev–Trinajstić information content (AvgIpc) is 3.78. The Kier molecular flexibility index (Phi) is 5.76. The highest BCUT2D eigenvalue weighted by atomic mass is 16.3. The van der Waals surface area contributed by atoms with Gasteiger partial charge in [-0.1, -0.05) is 121 Å². The predicted molar refractivity (Wildman–Crippen MR) is 211 cm³/mol. The number of hydrogen-bond donors (Lipinski definition) is 0. The molecule has 0 unspecified atom stereocenters. The molecule has 0 spiro atoms. The number of aromatic nitrogens is 3. The third-order valence-electron chi connectivity index (χ3n) is 9.95. The minimum atomic E-state index is 0.356. The SMILES string of the molecule is [2H]c1ccc2oc3ccc([2H])c(-c4cc(-c5nc(-c6ccc7ccccc7c6)nc(-c6cccc7oc8ccccc8c67)n5)cc5ccccc45)c3c2c1. The molecule has 0 radical (unpaired) electrons. The van der Waals surface area contributed by atoms with Crippen LogP contribution >= 0.6 is 0 Å². The van der Waals surface area contributed by atoms with Crippen LogP contribution in [0.1, 0.15) is 2.74 Å². The summed E-state index contributed by atoms with van der Waals surface area (Å²) in [6.45, 7) is 0. The van der Waals surface area contributed by atoms with E-state index in [9.17, 15) is 1.37 Å². The largest absolute Gasteiger partial charge is 0.456 e. The lowest BCUT2D eigenvalue weighted by Gasteiger charge is -2.13. The normalized spacial score (nSPS) is 12.4. The Morgan fingerprint density at radius 1 is 0.385 bits per heavy atom. The van der Waals surface area contributed by atoms with Gasteiger partial charge in [0.2, 0.25) is 0 Å². The lowest BCUT2D eigenvalue weighted by molar-refractivity contribution is 0.668. The molecular weight excluding hydrogens is 639 g/mol. The van der Waals surface area contributed by atoms with E-state index in [2.05, 4.69) is 60.7 Å². The van der Waals surface area contributed by atoms with Gasteiger partial charge in [-0.05, 0) is 75.1 Å². The maximum Gasteiger partial charge on any atom is 0.164 e. The monoisotopic (exact) mass is 667 g/mol. The van der Waals surface area contributed by atoms with E-state index in [4.69, 9.17) is 25.2 Å². The Balaban J connectivity index is 1.21. The van der Waals surface area contributed by atoms with Crippen molar-refractivity contribution in [3.63, 3.8) is 0 Å². The van der Waals surface area contributed by atoms with Crippen LogP contribution in [0, 0.1) is 0 Å². The molecule has 11 rings (SSSR count). The van der Waals surface area contributed by atoms with Crippen LogP contribution in [0.3, 0.4) is 0 Å². The predicted octanol–water partition coefficient (Wildman–Crippen LogP) is 12.6. The fourth-order valence-electron chi connectivity index (χ4n) is 7.55. The van der Waals surface area contributed by atoms with Crippen molar-refractivity contribution in [3.8, 4) is 45.3 Å². The molecule has 5 nitrogen and oxygen atoms in total. The standard InChI is InChI=1S/C47H27N3O2/c1-2-12-29-25-31(24-23-28(29)11-1)45-48-46(50-47(49-45)37-18-10-22-42-44(37)36-16-6-8-20-40(36)52-42)32-26-30-13-3-4-14-33(30)38(27-32)34-17-9-21-41-43(34)35-15-5-7-19-39(35)51-41/h1-27H/i5D,17D. The van der Waals surface area contributed by atoms with Gasteiger partial charge in [-0.15, -0.1) is 0 Å². The Bertz CT molecular complexity index is 3330. The summed E-state index contributed by atoms with van der Waals surface area (Å²) in [7, 11) is 0. The first-order chi connectivity index (χ1) is 26.6. The van der Waals surface area contributed by atoms with Gasteiger partial charge in [-0.2, -0.15) is 0 Å². The molecule has 52 heavy (non-hydrogen) atoms. The van der Waals surface area contributed by atoms with Crippen molar-refractivity contribution in [2.45, 2.75) is 0 Å². The zero-order valence-electron chi connectivity index (χ0n) is 29.6. The van der Waals surface area contributed by atoms with Crippen LogP contribution in [-0.4, -0.2) is 15.0 Å². The lowest BCUT2D eigenvalue weighted by atomic mass is 9.92. The molecule has 3 aromatic heterocycles. The van der Waals surface area contributed by atoms with E-state index >= 15 is 0 Å². The summed E-state index contributed by atoms with van der Waals surface area (Å²) in [5.74, 6) is 1.58. The van der Waals surface area contributed by atoms with Crippen molar-refractivity contribution in [3.05, 3.63) is 164 Å². The lowest BCUT2D eigenvalue weighted by Crippen LogP contribution is -2.01. The number of benzene rings is 8. The van der Waals surface area contributed by atoms with Gasteiger partial charge in [0.05, 0.1) is 2.74 Å². The summed E-state index contributed by atoms with van der Waals surface area (Å²) in [5.41, 5.74) is 6.99. The Morgan fingerprint density at radius 2 is 1.00 bits per heavy atom. The topological polar surface area (TPSA) is 65.0 Å². The van der Waals surface area contributed by atoms with Gasteiger partial charge in [0, 0.05) is 38.2 Å². The van der Waals surface area contributed by atoms with Crippen LogP contribution in [0.5, 0.6) is 0 Å². The maximum absolute atomic E-state index is 9.26. The summed E-state index contributed by atoms with van der Waals surface area (Å²) >= 11 is 0. The number of para-hydroxylation sites is 2. The van der Waals surface area contributed by atoms with Crippen LogP contribution in [-0.2, 0) is 0 Å². The molecule has 0 aliphatic carbocycles. The molecule has 8 aromatic carbocycles. The van der Waals surface area contributed by atoms with Crippen molar-refractivity contribution in [2.24, 2.45) is 0 Å². The smallest absolute Gasteiger partial charge is 0.164 e. The van der Waals surface area contributed by atoms with Gasteiger partial charge < -0.3 is 8.83 Å². The quantitative estimate of drug-likeness (QED) is 0.187. The summed E-state index contributed by atoms with van der Waals surface area (Å²) in [6.07, 6.45) is 0. The summed E-state index contributed by atoms with van der Waals surface area (Å²) < 4.78 is 30.2. The third kappa shape index (κ3) is 4.46. The van der Waals surface area contributed by atoms with Gasteiger partial charge in [-0.3, -0.25) is 0 Å². The Labute approximate surface area is 300 Å². The van der Waals surface area contributed by atoms with E-state index in [-0.39, 0.29) is 0 Å². The zero-order chi connectivity index (χ0) is 35.9. The fraction of sp³-hybridized carbons (Fsp3) is 0. The highest BCUT2D eigenvalue weighted by Gasteiger charge is 2.20. The van der Waals surface area contributed by atoms with E-state index in [0.29, 0.717) is 40.7 Å². The molecule has 0 saturated carbocycles. The van der Waals surface area contributed by atoms with Crippen LogP contribution in [0.15, 0.2) is 173 Å². The zero-order valence-corrected chi connectivity index (χ0v) is 27.6. The molecule has 0 fully saturated rings.